The summed E-state index contributed by atoms with van der Waals surface area (Å²) in [5, 5.41) is 7.29. The zero-order valence-electron chi connectivity index (χ0n) is 11.1. The molecule has 0 aliphatic carbocycles. The number of hydrogen-bond acceptors (Lipinski definition) is 5. The Bertz CT molecular complexity index is 554. The summed E-state index contributed by atoms with van der Waals surface area (Å²) in [5.74, 6) is 0.796. The fourth-order valence-electron chi connectivity index (χ4n) is 2.37. The molecule has 5 heteroatoms. The first-order chi connectivity index (χ1) is 9.25. The summed E-state index contributed by atoms with van der Waals surface area (Å²) < 4.78 is 10.9. The predicted molar refractivity (Wildman–Crippen MR) is 70.8 cm³/mol. The van der Waals surface area contributed by atoms with Gasteiger partial charge in [0.05, 0.1) is 29.3 Å². The Morgan fingerprint density at radius 1 is 1.32 bits per heavy atom. The summed E-state index contributed by atoms with van der Waals surface area (Å²) in [5.41, 5.74) is 3.68. The molecule has 3 heterocycles. The molecule has 19 heavy (non-hydrogen) atoms. The van der Waals surface area contributed by atoms with Gasteiger partial charge >= 0.3 is 0 Å². The molecule has 0 aromatic carbocycles. The van der Waals surface area contributed by atoms with Crippen LogP contribution in [0.4, 0.5) is 0 Å². The number of rotatable bonds is 2. The average molecular weight is 259 g/mol. The van der Waals surface area contributed by atoms with E-state index < -0.39 is 0 Å². The van der Waals surface area contributed by atoms with E-state index in [1.165, 1.54) is 0 Å². The summed E-state index contributed by atoms with van der Waals surface area (Å²) >= 11 is 0. The van der Waals surface area contributed by atoms with Crippen molar-refractivity contribution in [3.05, 3.63) is 35.3 Å². The Morgan fingerprint density at radius 2 is 2.21 bits per heavy atom. The van der Waals surface area contributed by atoms with Crippen LogP contribution in [0.3, 0.4) is 0 Å². The first kappa shape index (κ1) is 12.3. The summed E-state index contributed by atoms with van der Waals surface area (Å²) in [6.45, 7) is 6.27. The first-order valence-electron chi connectivity index (χ1n) is 6.48. The zero-order chi connectivity index (χ0) is 13.2. The maximum absolute atomic E-state index is 5.73. The Kier molecular flexibility index (Phi) is 3.31. The largest absolute Gasteiger partial charge is 0.369 e. The molecular formula is C14H17N3O2. The standard InChI is InChI=1S/C14H17N3O2/c1-9-14(10(2)19-17-9)12-5-3-4-11(16-12)13-8-15-6-7-18-13/h3-5,13,15H,6-8H2,1-2H3/t13-/m0/s1. The maximum Gasteiger partial charge on any atom is 0.143 e. The molecule has 1 aliphatic rings. The van der Waals surface area contributed by atoms with Gasteiger partial charge in [-0.1, -0.05) is 11.2 Å². The molecular weight excluding hydrogens is 242 g/mol. The van der Waals surface area contributed by atoms with E-state index in [2.05, 4.69) is 10.5 Å². The quantitative estimate of drug-likeness (QED) is 0.894. The molecule has 0 saturated carbocycles. The van der Waals surface area contributed by atoms with Crippen molar-refractivity contribution in [1.82, 2.24) is 15.5 Å². The predicted octanol–water partition coefficient (Wildman–Crippen LogP) is 2.01. The van der Waals surface area contributed by atoms with Crippen molar-refractivity contribution in [2.45, 2.75) is 20.0 Å². The smallest absolute Gasteiger partial charge is 0.143 e. The molecule has 0 spiro atoms. The van der Waals surface area contributed by atoms with Gasteiger partial charge in [-0.05, 0) is 26.0 Å². The van der Waals surface area contributed by atoms with Crippen molar-refractivity contribution in [3.63, 3.8) is 0 Å². The highest BCUT2D eigenvalue weighted by molar-refractivity contribution is 5.63. The number of aryl methyl sites for hydroxylation is 2. The van der Waals surface area contributed by atoms with Crippen molar-refractivity contribution in [2.24, 2.45) is 0 Å². The van der Waals surface area contributed by atoms with Crippen LogP contribution in [0.5, 0.6) is 0 Å². The second kappa shape index (κ2) is 5.11. The summed E-state index contributed by atoms with van der Waals surface area (Å²) in [6.07, 6.45) is 0.0224. The van der Waals surface area contributed by atoms with E-state index in [1.54, 1.807) is 0 Å². The van der Waals surface area contributed by atoms with E-state index in [1.807, 2.05) is 32.0 Å². The highest BCUT2D eigenvalue weighted by Crippen LogP contribution is 2.27. The van der Waals surface area contributed by atoms with E-state index in [-0.39, 0.29) is 6.10 Å². The minimum atomic E-state index is 0.0224. The van der Waals surface area contributed by atoms with Crippen LogP contribution in [0.25, 0.3) is 11.3 Å². The Morgan fingerprint density at radius 3 is 2.89 bits per heavy atom. The van der Waals surface area contributed by atoms with Gasteiger partial charge in [0.1, 0.15) is 11.9 Å². The molecule has 1 atom stereocenters. The third-order valence-corrected chi connectivity index (χ3v) is 3.32. The van der Waals surface area contributed by atoms with Crippen LogP contribution >= 0.6 is 0 Å². The minimum Gasteiger partial charge on any atom is -0.369 e. The van der Waals surface area contributed by atoms with Crippen LogP contribution < -0.4 is 5.32 Å². The fourth-order valence-corrected chi connectivity index (χ4v) is 2.37. The van der Waals surface area contributed by atoms with Gasteiger partial charge in [-0.25, -0.2) is 4.98 Å². The number of morpholine rings is 1. The summed E-state index contributed by atoms with van der Waals surface area (Å²) in [7, 11) is 0. The van der Waals surface area contributed by atoms with Crippen molar-refractivity contribution in [3.8, 4) is 11.3 Å². The second-order valence-corrected chi connectivity index (χ2v) is 4.71. The van der Waals surface area contributed by atoms with Gasteiger partial charge < -0.3 is 14.6 Å². The van der Waals surface area contributed by atoms with Crippen LogP contribution in [-0.2, 0) is 4.74 Å². The third-order valence-electron chi connectivity index (χ3n) is 3.32. The lowest BCUT2D eigenvalue weighted by Gasteiger charge is -2.23. The molecule has 2 aromatic heterocycles. The monoisotopic (exact) mass is 259 g/mol. The lowest BCUT2D eigenvalue weighted by Crippen LogP contribution is -2.33. The van der Waals surface area contributed by atoms with Gasteiger partial charge in [-0.3, -0.25) is 0 Å². The molecule has 0 amide bonds. The molecule has 3 rings (SSSR count). The van der Waals surface area contributed by atoms with Crippen LogP contribution in [0.15, 0.2) is 22.7 Å². The maximum atomic E-state index is 5.73. The van der Waals surface area contributed by atoms with E-state index in [0.29, 0.717) is 0 Å². The molecule has 2 aromatic rings. The number of nitrogens with one attached hydrogen (secondary N) is 1. The normalized spacial score (nSPS) is 19.6. The summed E-state index contributed by atoms with van der Waals surface area (Å²) in [4.78, 5) is 4.70. The molecule has 0 radical (unpaired) electrons. The van der Waals surface area contributed by atoms with Gasteiger partial charge in [-0.2, -0.15) is 0 Å². The first-order valence-corrected chi connectivity index (χ1v) is 6.48. The topological polar surface area (TPSA) is 60.2 Å². The van der Waals surface area contributed by atoms with Crippen molar-refractivity contribution < 1.29 is 9.26 Å². The van der Waals surface area contributed by atoms with Crippen LogP contribution in [0, 0.1) is 13.8 Å². The van der Waals surface area contributed by atoms with Gasteiger partial charge in [0.2, 0.25) is 0 Å². The van der Waals surface area contributed by atoms with E-state index in [0.717, 1.165) is 48.1 Å². The third kappa shape index (κ3) is 2.39. The van der Waals surface area contributed by atoms with E-state index in [9.17, 15) is 0 Å². The molecule has 100 valence electrons. The molecule has 1 N–H and O–H groups in total. The highest BCUT2D eigenvalue weighted by atomic mass is 16.5. The minimum absolute atomic E-state index is 0.0224. The number of aromatic nitrogens is 2. The Balaban J connectivity index is 1.95. The van der Waals surface area contributed by atoms with Crippen molar-refractivity contribution in [1.29, 1.82) is 0 Å². The van der Waals surface area contributed by atoms with Crippen molar-refractivity contribution >= 4 is 0 Å². The van der Waals surface area contributed by atoms with E-state index >= 15 is 0 Å². The van der Waals surface area contributed by atoms with Gasteiger partial charge in [0, 0.05) is 13.1 Å². The SMILES string of the molecule is Cc1noc(C)c1-c1cccc([C@@H]2CNCCO2)n1. The molecule has 5 nitrogen and oxygen atoms in total. The molecule has 1 aliphatic heterocycles. The number of nitrogens with zero attached hydrogens (tertiary/aromatic N) is 2. The summed E-state index contributed by atoms with van der Waals surface area (Å²) in [6, 6.07) is 5.98. The number of pyridine rings is 1. The average Bonchev–Trinajstić information content (AvgIpc) is 2.79. The van der Waals surface area contributed by atoms with Crippen LogP contribution in [0.1, 0.15) is 23.3 Å². The van der Waals surface area contributed by atoms with Crippen LogP contribution in [-0.4, -0.2) is 29.8 Å². The second-order valence-electron chi connectivity index (χ2n) is 4.71. The molecule has 1 saturated heterocycles. The van der Waals surface area contributed by atoms with E-state index in [4.69, 9.17) is 14.2 Å². The zero-order valence-corrected chi connectivity index (χ0v) is 11.1. The number of hydrogen-bond donors (Lipinski definition) is 1. The molecule has 1 fully saturated rings. The highest BCUT2D eigenvalue weighted by Gasteiger charge is 2.19. The Hall–Kier alpha value is -1.72. The molecule has 0 bridgehead atoms. The Labute approximate surface area is 112 Å². The van der Waals surface area contributed by atoms with Gasteiger partial charge in [-0.15, -0.1) is 0 Å². The van der Waals surface area contributed by atoms with Crippen molar-refractivity contribution in [2.75, 3.05) is 19.7 Å². The number of ether oxygens (including phenoxy) is 1. The molecule has 0 unspecified atom stereocenters. The fraction of sp³-hybridized carbons (Fsp3) is 0.429. The van der Waals surface area contributed by atoms with Crippen LogP contribution in [0.2, 0.25) is 0 Å². The lowest BCUT2D eigenvalue weighted by atomic mass is 10.1. The van der Waals surface area contributed by atoms with Gasteiger partial charge in [0.15, 0.2) is 0 Å². The lowest BCUT2D eigenvalue weighted by molar-refractivity contribution is 0.0251. The van der Waals surface area contributed by atoms with Gasteiger partial charge in [0.25, 0.3) is 0 Å².